The van der Waals surface area contributed by atoms with Crippen LogP contribution in [0.3, 0.4) is 0 Å². The van der Waals surface area contributed by atoms with Gasteiger partial charge in [-0.1, -0.05) is 0 Å². The van der Waals surface area contributed by atoms with Crippen LogP contribution >= 0.6 is 27.3 Å². The van der Waals surface area contributed by atoms with Gasteiger partial charge in [0.25, 0.3) is 0 Å². The molecular formula is C11H13BrN4O2S. The highest BCUT2D eigenvalue weighted by Crippen LogP contribution is 2.29. The molecule has 0 atom stereocenters. The molecule has 2 rings (SSSR count). The molecule has 0 aliphatic heterocycles. The monoisotopic (exact) mass is 344 g/mol. The maximum atomic E-state index is 11.1. The first kappa shape index (κ1) is 14.0. The molecule has 0 bridgehead atoms. The molecule has 0 aliphatic carbocycles. The van der Waals surface area contributed by atoms with Gasteiger partial charge in [-0.15, -0.1) is 11.3 Å². The zero-order valence-corrected chi connectivity index (χ0v) is 12.9. The number of hydrogen-bond donors (Lipinski definition) is 1. The third kappa shape index (κ3) is 2.95. The predicted octanol–water partition coefficient (Wildman–Crippen LogP) is 3.56. The first-order valence-corrected chi connectivity index (χ1v) is 7.33. The minimum absolute atomic E-state index is 0.0532. The van der Waals surface area contributed by atoms with Crippen LogP contribution in [0.2, 0.25) is 0 Å². The van der Waals surface area contributed by atoms with E-state index >= 15 is 0 Å². The summed E-state index contributed by atoms with van der Waals surface area (Å²) in [7, 11) is 0. The third-order valence-corrected chi connectivity index (χ3v) is 4.26. The van der Waals surface area contributed by atoms with Crippen LogP contribution < -0.4 is 5.32 Å². The number of hydrogen-bond acceptors (Lipinski definition) is 5. The van der Waals surface area contributed by atoms with Gasteiger partial charge in [-0.25, -0.2) is 4.68 Å². The molecule has 2 heterocycles. The number of halogens is 1. The van der Waals surface area contributed by atoms with Crippen molar-refractivity contribution in [2.75, 3.05) is 5.32 Å². The molecule has 19 heavy (non-hydrogen) atoms. The molecule has 0 spiro atoms. The number of aryl methyl sites for hydroxylation is 2. The van der Waals surface area contributed by atoms with Gasteiger partial charge in [-0.2, -0.15) is 5.10 Å². The minimum Gasteiger partial charge on any atom is -0.360 e. The number of nitrogens with one attached hydrogen (secondary N) is 1. The molecule has 2 aromatic heterocycles. The van der Waals surface area contributed by atoms with E-state index in [4.69, 9.17) is 0 Å². The lowest BCUT2D eigenvalue weighted by molar-refractivity contribution is -0.384. The number of nitrogens with zero attached hydrogens (tertiary/aromatic N) is 3. The number of nitro groups is 1. The zero-order valence-electron chi connectivity index (χ0n) is 10.5. The van der Waals surface area contributed by atoms with E-state index in [-0.39, 0.29) is 10.6 Å². The van der Waals surface area contributed by atoms with E-state index in [0.29, 0.717) is 24.6 Å². The second-order valence-electron chi connectivity index (χ2n) is 3.91. The van der Waals surface area contributed by atoms with Gasteiger partial charge in [0.05, 0.1) is 15.3 Å². The molecule has 1 N–H and O–H groups in total. The lowest BCUT2D eigenvalue weighted by Gasteiger charge is -2.06. The van der Waals surface area contributed by atoms with E-state index in [2.05, 4.69) is 26.3 Å². The van der Waals surface area contributed by atoms with E-state index in [0.717, 1.165) is 8.66 Å². The average Bonchev–Trinajstić information content (AvgIpc) is 2.89. The van der Waals surface area contributed by atoms with Crippen molar-refractivity contribution in [1.29, 1.82) is 0 Å². The third-order valence-electron chi connectivity index (χ3n) is 2.64. The molecule has 0 radical (unpaired) electrons. The van der Waals surface area contributed by atoms with Gasteiger partial charge in [0, 0.05) is 11.4 Å². The van der Waals surface area contributed by atoms with Crippen molar-refractivity contribution < 1.29 is 4.92 Å². The van der Waals surface area contributed by atoms with E-state index in [1.165, 1.54) is 0 Å². The Balaban J connectivity index is 2.25. The summed E-state index contributed by atoms with van der Waals surface area (Å²) in [5.74, 6) is 0.467. The summed E-state index contributed by atoms with van der Waals surface area (Å²) in [5.41, 5.74) is 0.485. The summed E-state index contributed by atoms with van der Waals surface area (Å²) in [6.07, 6.45) is 0. The van der Waals surface area contributed by atoms with Crippen LogP contribution in [0.1, 0.15) is 17.5 Å². The Bertz CT molecular complexity index is 608. The van der Waals surface area contributed by atoms with Crippen LogP contribution in [0.4, 0.5) is 11.5 Å². The summed E-state index contributed by atoms with van der Waals surface area (Å²) >= 11 is 4.99. The second kappa shape index (κ2) is 5.70. The van der Waals surface area contributed by atoms with Crippen molar-refractivity contribution in [3.8, 4) is 0 Å². The predicted molar refractivity (Wildman–Crippen MR) is 78.6 cm³/mol. The molecule has 2 aromatic rings. The number of rotatable bonds is 5. The SMILES string of the molecule is CCn1nc(C)c([N+](=O)[O-])c1NCc1ccc(Br)s1. The summed E-state index contributed by atoms with van der Waals surface area (Å²) in [4.78, 5) is 11.8. The quantitative estimate of drug-likeness (QED) is 0.664. The van der Waals surface area contributed by atoms with E-state index in [1.807, 2.05) is 19.1 Å². The van der Waals surface area contributed by atoms with Crippen molar-refractivity contribution in [2.24, 2.45) is 0 Å². The molecule has 0 fully saturated rings. The lowest BCUT2D eigenvalue weighted by atomic mass is 10.3. The van der Waals surface area contributed by atoms with Gasteiger partial charge in [0.15, 0.2) is 0 Å². The van der Waals surface area contributed by atoms with Crippen LogP contribution in [0.25, 0.3) is 0 Å². The highest BCUT2D eigenvalue weighted by Gasteiger charge is 2.24. The van der Waals surface area contributed by atoms with Crippen LogP contribution in [-0.4, -0.2) is 14.7 Å². The van der Waals surface area contributed by atoms with E-state index in [1.54, 1.807) is 22.9 Å². The molecule has 102 valence electrons. The highest BCUT2D eigenvalue weighted by molar-refractivity contribution is 9.11. The van der Waals surface area contributed by atoms with E-state index < -0.39 is 0 Å². The standard InChI is InChI=1S/C11H13BrN4O2S/c1-3-15-11(10(16(17)18)7(2)14-15)13-6-8-4-5-9(12)19-8/h4-5,13H,3,6H2,1-2H3. The summed E-state index contributed by atoms with van der Waals surface area (Å²) in [5, 5.41) is 18.4. The molecule has 0 saturated carbocycles. The van der Waals surface area contributed by atoms with Crippen molar-refractivity contribution in [1.82, 2.24) is 9.78 Å². The molecule has 0 unspecified atom stereocenters. The first-order valence-electron chi connectivity index (χ1n) is 5.72. The van der Waals surface area contributed by atoms with Gasteiger partial charge in [0.2, 0.25) is 5.82 Å². The zero-order chi connectivity index (χ0) is 14.0. The maximum absolute atomic E-state index is 11.1. The van der Waals surface area contributed by atoms with Gasteiger partial charge < -0.3 is 5.32 Å². The highest BCUT2D eigenvalue weighted by atomic mass is 79.9. The Kier molecular flexibility index (Phi) is 4.20. The van der Waals surface area contributed by atoms with E-state index in [9.17, 15) is 10.1 Å². The Labute approximate surface area is 122 Å². The fraction of sp³-hybridized carbons (Fsp3) is 0.364. The van der Waals surface area contributed by atoms with Gasteiger partial charge in [-0.05, 0) is 41.9 Å². The smallest absolute Gasteiger partial charge is 0.333 e. The number of thiophene rings is 1. The second-order valence-corrected chi connectivity index (χ2v) is 6.46. The summed E-state index contributed by atoms with van der Waals surface area (Å²) < 4.78 is 2.66. The molecule has 0 aliphatic rings. The van der Waals surface area contributed by atoms with Crippen molar-refractivity contribution in [3.05, 3.63) is 36.6 Å². The first-order chi connectivity index (χ1) is 9.02. The normalized spacial score (nSPS) is 10.7. The molecular weight excluding hydrogens is 332 g/mol. The van der Waals surface area contributed by atoms with Crippen LogP contribution in [0.5, 0.6) is 0 Å². The van der Waals surface area contributed by atoms with Crippen LogP contribution in [0.15, 0.2) is 15.9 Å². The number of anilines is 1. The minimum atomic E-state index is -0.388. The fourth-order valence-electron chi connectivity index (χ4n) is 1.81. The van der Waals surface area contributed by atoms with Gasteiger partial charge in [-0.3, -0.25) is 10.1 Å². The average molecular weight is 345 g/mol. The largest absolute Gasteiger partial charge is 0.360 e. The van der Waals surface area contributed by atoms with Crippen molar-refractivity contribution in [3.63, 3.8) is 0 Å². The topological polar surface area (TPSA) is 73.0 Å². The fourth-order valence-corrected chi connectivity index (χ4v) is 3.23. The molecule has 6 nitrogen and oxygen atoms in total. The van der Waals surface area contributed by atoms with Crippen molar-refractivity contribution >= 4 is 38.8 Å². The maximum Gasteiger partial charge on any atom is 0.333 e. The summed E-state index contributed by atoms with van der Waals surface area (Å²) in [6.45, 7) is 4.69. The Hall–Kier alpha value is -1.41. The Morgan fingerprint density at radius 3 is 2.84 bits per heavy atom. The number of aromatic nitrogens is 2. The molecule has 0 aromatic carbocycles. The van der Waals surface area contributed by atoms with Crippen LogP contribution in [-0.2, 0) is 13.1 Å². The van der Waals surface area contributed by atoms with Crippen molar-refractivity contribution in [2.45, 2.75) is 26.9 Å². The summed E-state index contributed by atoms with van der Waals surface area (Å²) in [6, 6.07) is 3.94. The Morgan fingerprint density at radius 1 is 1.58 bits per heavy atom. The molecule has 8 heteroatoms. The van der Waals surface area contributed by atoms with Crippen LogP contribution in [0, 0.1) is 17.0 Å². The molecule has 0 amide bonds. The lowest BCUT2D eigenvalue weighted by Crippen LogP contribution is -2.07. The Morgan fingerprint density at radius 2 is 2.32 bits per heavy atom. The molecule has 0 saturated heterocycles. The van der Waals surface area contributed by atoms with Gasteiger partial charge in [0.1, 0.15) is 5.69 Å². The van der Waals surface area contributed by atoms with Gasteiger partial charge >= 0.3 is 5.69 Å².